The molecule has 0 aliphatic rings. The van der Waals surface area contributed by atoms with Gasteiger partial charge in [-0.1, -0.05) is 30.3 Å². The van der Waals surface area contributed by atoms with E-state index in [9.17, 15) is 14.0 Å². The number of nitrogens with one attached hydrogen (secondary N) is 1. The van der Waals surface area contributed by atoms with Gasteiger partial charge in [0.1, 0.15) is 18.3 Å². The Kier molecular flexibility index (Phi) is 7.85. The molecule has 2 atom stereocenters. The maximum atomic E-state index is 13.5. The van der Waals surface area contributed by atoms with E-state index in [1.54, 1.807) is 7.05 Å². The number of esters is 2. The summed E-state index contributed by atoms with van der Waals surface area (Å²) in [6, 6.07) is 8.56. The van der Waals surface area contributed by atoms with Gasteiger partial charge in [-0.05, 0) is 46.2 Å². The van der Waals surface area contributed by atoms with Gasteiger partial charge >= 0.3 is 11.9 Å². The van der Waals surface area contributed by atoms with Gasteiger partial charge in [0, 0.05) is 0 Å². The van der Waals surface area contributed by atoms with Crippen molar-refractivity contribution in [2.45, 2.75) is 58.0 Å². The Balaban J connectivity index is 2.44. The molecule has 6 heteroatoms. The molecular formula is C18H26FNO4. The van der Waals surface area contributed by atoms with Crippen LogP contribution in [0.1, 0.15) is 39.2 Å². The highest BCUT2D eigenvalue weighted by Crippen LogP contribution is 2.18. The average Bonchev–Trinajstić information content (AvgIpc) is 2.53. The van der Waals surface area contributed by atoms with Gasteiger partial charge in [0.25, 0.3) is 0 Å². The van der Waals surface area contributed by atoms with Crippen LogP contribution in [-0.4, -0.2) is 36.8 Å². The number of carbonyl (C=O) groups excluding carboxylic acids is 2. The van der Waals surface area contributed by atoms with Crippen molar-refractivity contribution < 1.29 is 23.5 Å². The van der Waals surface area contributed by atoms with Gasteiger partial charge in [0.2, 0.25) is 0 Å². The standard InChI is InChI=1S/C18H26FNO4/c1-13(16(21)23-12-14-8-6-5-7-9-14)24-17(22)15(20-4)10-11-18(2,3)19/h5-9,13,15,20H,10-12H2,1-4H3/t13-,15+/m1/s1. The minimum atomic E-state index is -1.37. The van der Waals surface area contributed by atoms with Gasteiger partial charge in [0.05, 0.1) is 0 Å². The Morgan fingerprint density at radius 1 is 1.21 bits per heavy atom. The summed E-state index contributed by atoms with van der Waals surface area (Å²) in [5.74, 6) is -1.21. The van der Waals surface area contributed by atoms with E-state index in [-0.39, 0.29) is 19.4 Å². The summed E-state index contributed by atoms with van der Waals surface area (Å²) < 4.78 is 23.8. The topological polar surface area (TPSA) is 64.6 Å². The van der Waals surface area contributed by atoms with E-state index < -0.39 is 29.8 Å². The normalized spacial score (nSPS) is 13.9. The van der Waals surface area contributed by atoms with Crippen LogP contribution in [0.2, 0.25) is 0 Å². The van der Waals surface area contributed by atoms with E-state index in [0.29, 0.717) is 0 Å². The second kappa shape index (κ2) is 9.37. The molecule has 0 aliphatic heterocycles. The number of ether oxygens (including phenoxy) is 2. The van der Waals surface area contributed by atoms with Gasteiger partial charge < -0.3 is 14.8 Å². The van der Waals surface area contributed by atoms with Gasteiger partial charge in [-0.3, -0.25) is 4.79 Å². The molecule has 5 nitrogen and oxygen atoms in total. The molecule has 0 unspecified atom stereocenters. The van der Waals surface area contributed by atoms with Gasteiger partial charge in [-0.15, -0.1) is 0 Å². The third-order valence-electron chi connectivity index (χ3n) is 3.51. The fourth-order valence-corrected chi connectivity index (χ4v) is 2.02. The molecule has 0 bridgehead atoms. The summed E-state index contributed by atoms with van der Waals surface area (Å²) in [6.07, 6.45) is -0.527. The number of likely N-dealkylation sites (N-methyl/N-ethyl adjacent to an activating group) is 1. The second-order valence-electron chi connectivity index (χ2n) is 6.27. The second-order valence-corrected chi connectivity index (χ2v) is 6.27. The van der Waals surface area contributed by atoms with Crippen LogP contribution in [0.25, 0.3) is 0 Å². The SMILES string of the molecule is CN[C@@H](CCC(C)(C)F)C(=O)O[C@H](C)C(=O)OCc1ccccc1. The lowest BCUT2D eigenvalue weighted by Crippen LogP contribution is -2.40. The summed E-state index contributed by atoms with van der Waals surface area (Å²) in [5.41, 5.74) is -0.516. The smallest absolute Gasteiger partial charge is 0.347 e. The molecule has 1 rings (SSSR count). The van der Waals surface area contributed by atoms with Crippen LogP contribution in [0.4, 0.5) is 4.39 Å². The molecule has 0 amide bonds. The molecule has 0 fully saturated rings. The predicted octanol–water partition coefficient (Wildman–Crippen LogP) is 2.78. The number of benzene rings is 1. The van der Waals surface area contributed by atoms with E-state index in [1.165, 1.54) is 20.8 Å². The lowest BCUT2D eigenvalue weighted by molar-refractivity contribution is -0.168. The minimum absolute atomic E-state index is 0.118. The first kappa shape index (κ1) is 20.1. The molecule has 134 valence electrons. The third kappa shape index (κ3) is 7.55. The van der Waals surface area contributed by atoms with Crippen molar-refractivity contribution in [2.75, 3.05) is 7.05 Å². The molecule has 1 aromatic carbocycles. The molecule has 0 saturated carbocycles. The Morgan fingerprint density at radius 3 is 2.38 bits per heavy atom. The van der Waals surface area contributed by atoms with Crippen LogP contribution in [0.15, 0.2) is 30.3 Å². The van der Waals surface area contributed by atoms with Crippen molar-refractivity contribution in [3.05, 3.63) is 35.9 Å². The van der Waals surface area contributed by atoms with Crippen LogP contribution in [0, 0.1) is 0 Å². The first-order valence-electron chi connectivity index (χ1n) is 8.00. The Morgan fingerprint density at radius 2 is 1.83 bits per heavy atom. The average molecular weight is 339 g/mol. The van der Waals surface area contributed by atoms with E-state index in [1.807, 2.05) is 30.3 Å². The van der Waals surface area contributed by atoms with Crippen molar-refractivity contribution in [3.63, 3.8) is 0 Å². The van der Waals surface area contributed by atoms with Crippen molar-refractivity contribution in [3.8, 4) is 0 Å². The number of hydrogen-bond acceptors (Lipinski definition) is 5. The zero-order valence-electron chi connectivity index (χ0n) is 14.7. The highest BCUT2D eigenvalue weighted by molar-refractivity contribution is 5.81. The molecule has 0 aromatic heterocycles. The van der Waals surface area contributed by atoms with Crippen molar-refractivity contribution in [1.29, 1.82) is 0 Å². The quantitative estimate of drug-likeness (QED) is 0.701. The summed E-state index contributed by atoms with van der Waals surface area (Å²) in [6.45, 7) is 4.48. The fourth-order valence-electron chi connectivity index (χ4n) is 2.02. The fraction of sp³-hybridized carbons (Fsp3) is 0.556. The minimum Gasteiger partial charge on any atom is -0.458 e. The van der Waals surface area contributed by atoms with Gasteiger partial charge in [0.15, 0.2) is 6.10 Å². The van der Waals surface area contributed by atoms with Crippen molar-refractivity contribution in [1.82, 2.24) is 5.32 Å². The van der Waals surface area contributed by atoms with E-state index in [0.717, 1.165) is 5.56 Å². The predicted molar refractivity (Wildman–Crippen MR) is 89.1 cm³/mol. The molecular weight excluding hydrogens is 313 g/mol. The van der Waals surface area contributed by atoms with Crippen LogP contribution < -0.4 is 5.32 Å². The highest BCUT2D eigenvalue weighted by atomic mass is 19.1. The zero-order valence-corrected chi connectivity index (χ0v) is 14.7. The van der Waals surface area contributed by atoms with Crippen molar-refractivity contribution in [2.24, 2.45) is 0 Å². The molecule has 0 heterocycles. The summed E-state index contributed by atoms with van der Waals surface area (Å²) in [4.78, 5) is 24.0. The van der Waals surface area contributed by atoms with Crippen LogP contribution in [-0.2, 0) is 25.7 Å². The Labute approximate surface area is 142 Å². The lowest BCUT2D eigenvalue weighted by Gasteiger charge is -2.21. The maximum absolute atomic E-state index is 13.5. The molecule has 0 saturated heterocycles. The molecule has 1 aromatic rings. The largest absolute Gasteiger partial charge is 0.458 e. The van der Waals surface area contributed by atoms with Crippen LogP contribution >= 0.6 is 0 Å². The molecule has 0 aliphatic carbocycles. The number of hydrogen-bond donors (Lipinski definition) is 1. The maximum Gasteiger partial charge on any atom is 0.347 e. The molecule has 0 radical (unpaired) electrons. The van der Waals surface area contributed by atoms with E-state index >= 15 is 0 Å². The van der Waals surface area contributed by atoms with Crippen molar-refractivity contribution >= 4 is 11.9 Å². The molecule has 0 spiro atoms. The Hall–Kier alpha value is -1.95. The number of halogens is 1. The monoisotopic (exact) mass is 339 g/mol. The Bertz CT molecular complexity index is 528. The van der Waals surface area contributed by atoms with Crippen LogP contribution in [0.5, 0.6) is 0 Å². The summed E-state index contributed by atoms with van der Waals surface area (Å²) in [5, 5.41) is 2.78. The van der Waals surface area contributed by atoms with Gasteiger partial charge in [-0.25, -0.2) is 9.18 Å². The number of rotatable bonds is 9. The zero-order chi connectivity index (χ0) is 18.2. The third-order valence-corrected chi connectivity index (χ3v) is 3.51. The first-order chi connectivity index (χ1) is 11.2. The van der Waals surface area contributed by atoms with E-state index in [2.05, 4.69) is 5.32 Å². The van der Waals surface area contributed by atoms with E-state index in [4.69, 9.17) is 9.47 Å². The number of alkyl halides is 1. The molecule has 24 heavy (non-hydrogen) atoms. The first-order valence-corrected chi connectivity index (χ1v) is 8.00. The summed E-state index contributed by atoms with van der Waals surface area (Å²) in [7, 11) is 1.59. The molecule has 1 N–H and O–H groups in total. The number of carbonyl (C=O) groups is 2. The lowest BCUT2D eigenvalue weighted by atomic mass is 10.0. The summed E-state index contributed by atoms with van der Waals surface area (Å²) >= 11 is 0. The van der Waals surface area contributed by atoms with Crippen LogP contribution in [0.3, 0.4) is 0 Å². The van der Waals surface area contributed by atoms with Gasteiger partial charge in [-0.2, -0.15) is 0 Å². The highest BCUT2D eigenvalue weighted by Gasteiger charge is 2.27.